The number of piperidine rings is 1. The van der Waals surface area contributed by atoms with Crippen LogP contribution in [0.25, 0.3) is 10.9 Å². The maximum Gasteiger partial charge on any atom is 0.313 e. The lowest BCUT2D eigenvalue weighted by Crippen LogP contribution is -2.37. The SMILES string of the molecule is C.COc1cc2c(Oc3ccc(NC(=O)C(=O)NC[C@H](C)c4ccccc4)cc3F)ccnc2cc1OCC1CCNCC1. The number of benzene rings is 3. The van der Waals surface area contributed by atoms with E-state index in [0.29, 0.717) is 40.7 Å². The first-order valence-electron chi connectivity index (χ1n) is 14.3. The van der Waals surface area contributed by atoms with E-state index in [9.17, 15) is 9.59 Å². The average molecular weight is 603 g/mol. The summed E-state index contributed by atoms with van der Waals surface area (Å²) >= 11 is 0. The van der Waals surface area contributed by atoms with Gasteiger partial charge in [0.2, 0.25) is 0 Å². The van der Waals surface area contributed by atoms with Crippen LogP contribution >= 0.6 is 0 Å². The Balaban J connectivity index is 0.00000442. The van der Waals surface area contributed by atoms with E-state index in [-0.39, 0.29) is 31.3 Å². The number of rotatable bonds is 10. The summed E-state index contributed by atoms with van der Waals surface area (Å²) in [5.74, 6) is -0.495. The van der Waals surface area contributed by atoms with Crippen molar-refractivity contribution in [1.29, 1.82) is 0 Å². The van der Waals surface area contributed by atoms with Gasteiger partial charge in [0.05, 0.1) is 19.2 Å². The van der Waals surface area contributed by atoms with Crippen molar-refractivity contribution in [2.24, 2.45) is 5.92 Å². The van der Waals surface area contributed by atoms with Crippen LogP contribution in [0.3, 0.4) is 0 Å². The normalized spacial score (nSPS) is 13.8. The molecule has 0 spiro atoms. The Hall–Kier alpha value is -4.70. The Labute approximate surface area is 257 Å². The van der Waals surface area contributed by atoms with Crippen molar-refractivity contribution in [2.75, 3.05) is 38.7 Å². The average Bonchev–Trinajstić information content (AvgIpc) is 3.04. The molecule has 0 aliphatic carbocycles. The van der Waals surface area contributed by atoms with E-state index in [1.807, 2.05) is 37.3 Å². The van der Waals surface area contributed by atoms with E-state index < -0.39 is 17.6 Å². The third kappa shape index (κ3) is 8.02. The molecule has 3 N–H and O–H groups in total. The van der Waals surface area contributed by atoms with Gasteiger partial charge in [-0.2, -0.15) is 0 Å². The molecule has 10 heteroatoms. The van der Waals surface area contributed by atoms with Crippen LogP contribution in [-0.4, -0.2) is 50.1 Å². The Morgan fingerprint density at radius 2 is 1.75 bits per heavy atom. The molecule has 4 aromatic rings. The highest BCUT2D eigenvalue weighted by Gasteiger charge is 2.19. The van der Waals surface area contributed by atoms with Crippen LogP contribution in [0.5, 0.6) is 23.0 Å². The Bertz CT molecular complexity index is 1580. The maximum absolute atomic E-state index is 15.1. The van der Waals surface area contributed by atoms with Crippen LogP contribution in [0.1, 0.15) is 38.7 Å². The summed E-state index contributed by atoms with van der Waals surface area (Å²) in [5.41, 5.74) is 1.77. The Morgan fingerprint density at radius 1 is 0.977 bits per heavy atom. The molecule has 0 unspecified atom stereocenters. The molecule has 3 aromatic carbocycles. The fraction of sp³-hybridized carbons (Fsp3) is 0.324. The van der Waals surface area contributed by atoms with Crippen LogP contribution in [0.2, 0.25) is 0 Å². The van der Waals surface area contributed by atoms with Crippen LogP contribution in [0.15, 0.2) is 72.9 Å². The first kappa shape index (κ1) is 32.2. The zero-order chi connectivity index (χ0) is 30.2. The Morgan fingerprint density at radius 3 is 2.48 bits per heavy atom. The van der Waals surface area contributed by atoms with Gasteiger partial charge in [-0.3, -0.25) is 14.6 Å². The summed E-state index contributed by atoms with van der Waals surface area (Å²) in [5, 5.41) is 9.02. The molecule has 44 heavy (non-hydrogen) atoms. The standard InChI is InChI=1S/C33H35FN4O5.CH4/c1-21(23-6-4-3-5-7-23)19-37-32(39)33(40)38-24-8-9-29(26(34)16-24)43-28-12-15-36-27-18-31(30(41-2)17-25(27)28)42-20-22-10-13-35-14-11-22;/h3-9,12,15-18,21-22,35H,10-11,13-14,19-20H2,1-2H3,(H,37,39)(H,38,40);1H4/t21-;/m0./s1. The number of ether oxygens (including phenoxy) is 3. The zero-order valence-corrected chi connectivity index (χ0v) is 24.2. The topological polar surface area (TPSA) is 111 Å². The summed E-state index contributed by atoms with van der Waals surface area (Å²) in [4.78, 5) is 29.2. The van der Waals surface area contributed by atoms with Crippen LogP contribution in [0.4, 0.5) is 10.1 Å². The number of carbonyl (C=O) groups excluding carboxylic acids is 2. The second-order valence-electron chi connectivity index (χ2n) is 10.6. The minimum atomic E-state index is -0.890. The molecule has 1 fully saturated rings. The molecule has 0 saturated carbocycles. The van der Waals surface area contributed by atoms with Crippen molar-refractivity contribution in [1.82, 2.24) is 15.6 Å². The monoisotopic (exact) mass is 602 g/mol. The number of amides is 2. The lowest BCUT2D eigenvalue weighted by atomic mass is 9.99. The number of nitrogens with one attached hydrogen (secondary N) is 3. The molecule has 9 nitrogen and oxygen atoms in total. The van der Waals surface area contributed by atoms with Gasteiger partial charge in [0, 0.05) is 35.9 Å². The highest BCUT2D eigenvalue weighted by atomic mass is 19.1. The number of anilines is 1. The van der Waals surface area contributed by atoms with Gasteiger partial charge in [0.15, 0.2) is 23.1 Å². The number of methoxy groups -OCH3 is 1. The number of fused-ring (bicyclic) bond motifs is 1. The fourth-order valence-corrected chi connectivity index (χ4v) is 4.94. The van der Waals surface area contributed by atoms with E-state index in [1.54, 1.807) is 31.5 Å². The van der Waals surface area contributed by atoms with E-state index in [4.69, 9.17) is 14.2 Å². The third-order valence-electron chi connectivity index (χ3n) is 7.47. The van der Waals surface area contributed by atoms with Crippen molar-refractivity contribution in [2.45, 2.75) is 33.1 Å². The molecule has 232 valence electrons. The first-order valence-corrected chi connectivity index (χ1v) is 14.3. The van der Waals surface area contributed by atoms with E-state index in [2.05, 4.69) is 20.9 Å². The van der Waals surface area contributed by atoms with Crippen molar-refractivity contribution in [3.05, 3.63) is 84.3 Å². The van der Waals surface area contributed by atoms with Gasteiger partial charge in [-0.25, -0.2) is 4.39 Å². The largest absolute Gasteiger partial charge is 0.493 e. The molecule has 2 heterocycles. The third-order valence-corrected chi connectivity index (χ3v) is 7.47. The highest BCUT2D eigenvalue weighted by Crippen LogP contribution is 2.38. The second-order valence-corrected chi connectivity index (χ2v) is 10.6. The predicted molar refractivity (Wildman–Crippen MR) is 169 cm³/mol. The number of hydrogen-bond donors (Lipinski definition) is 3. The molecule has 1 atom stereocenters. The lowest BCUT2D eigenvalue weighted by Gasteiger charge is -2.23. The van der Waals surface area contributed by atoms with Crippen molar-refractivity contribution in [3.8, 4) is 23.0 Å². The van der Waals surface area contributed by atoms with E-state index >= 15 is 4.39 Å². The minimum absolute atomic E-state index is 0. The number of hydrogen-bond acceptors (Lipinski definition) is 7. The van der Waals surface area contributed by atoms with Gasteiger partial charge in [0.25, 0.3) is 0 Å². The summed E-state index contributed by atoms with van der Waals surface area (Å²) in [6.45, 7) is 4.79. The minimum Gasteiger partial charge on any atom is -0.493 e. The quantitative estimate of drug-likeness (QED) is 0.190. The smallest absolute Gasteiger partial charge is 0.313 e. The van der Waals surface area contributed by atoms with E-state index in [0.717, 1.165) is 37.6 Å². The van der Waals surface area contributed by atoms with Gasteiger partial charge < -0.3 is 30.2 Å². The molecule has 1 aliphatic heterocycles. The maximum atomic E-state index is 15.1. The summed E-state index contributed by atoms with van der Waals surface area (Å²) < 4.78 is 32.7. The molecule has 0 bridgehead atoms. The van der Waals surface area contributed by atoms with Gasteiger partial charge in [-0.15, -0.1) is 0 Å². The van der Waals surface area contributed by atoms with Gasteiger partial charge >= 0.3 is 11.8 Å². The van der Waals surface area contributed by atoms with Crippen LogP contribution < -0.4 is 30.2 Å². The molecule has 1 aliphatic rings. The van der Waals surface area contributed by atoms with Crippen molar-refractivity contribution in [3.63, 3.8) is 0 Å². The Kier molecular flexibility index (Phi) is 11.1. The molecule has 5 rings (SSSR count). The molecule has 1 aromatic heterocycles. The number of nitrogens with zero attached hydrogens (tertiary/aromatic N) is 1. The summed E-state index contributed by atoms with van der Waals surface area (Å²) in [6.07, 6.45) is 3.69. The van der Waals surface area contributed by atoms with Crippen LogP contribution in [-0.2, 0) is 9.59 Å². The molecule has 2 amide bonds. The van der Waals surface area contributed by atoms with Crippen molar-refractivity contribution < 1.29 is 28.2 Å². The summed E-state index contributed by atoms with van der Waals surface area (Å²) in [7, 11) is 1.56. The van der Waals surface area contributed by atoms with Gasteiger partial charge in [-0.1, -0.05) is 44.7 Å². The molecular weight excluding hydrogens is 563 g/mol. The number of carbonyl (C=O) groups is 2. The molecular formula is C34H39FN4O5. The molecule has 0 radical (unpaired) electrons. The van der Waals surface area contributed by atoms with Crippen LogP contribution in [0, 0.1) is 11.7 Å². The van der Waals surface area contributed by atoms with Crippen molar-refractivity contribution >= 4 is 28.4 Å². The number of halogens is 1. The van der Waals surface area contributed by atoms with Gasteiger partial charge in [0.1, 0.15) is 5.75 Å². The number of aromatic nitrogens is 1. The van der Waals surface area contributed by atoms with E-state index in [1.165, 1.54) is 12.1 Å². The predicted octanol–water partition coefficient (Wildman–Crippen LogP) is 6.05. The first-order chi connectivity index (χ1) is 20.9. The molecule has 1 saturated heterocycles. The zero-order valence-electron chi connectivity index (χ0n) is 24.2. The lowest BCUT2D eigenvalue weighted by molar-refractivity contribution is -0.136. The summed E-state index contributed by atoms with van der Waals surface area (Å²) in [6, 6.07) is 18.8. The van der Waals surface area contributed by atoms with Gasteiger partial charge in [-0.05, 0) is 67.6 Å². The fourth-order valence-electron chi connectivity index (χ4n) is 4.94. The highest BCUT2D eigenvalue weighted by molar-refractivity contribution is 6.39. The second kappa shape index (κ2) is 15.2. The number of pyridine rings is 1.